The fraction of sp³-hybridized carbons (Fsp3) is 0.333. The highest BCUT2D eigenvalue weighted by Crippen LogP contribution is 2.28. The Bertz CT molecular complexity index is 881. The zero-order chi connectivity index (χ0) is 18.0. The summed E-state index contributed by atoms with van der Waals surface area (Å²) in [6.07, 6.45) is 0.665. The second kappa shape index (κ2) is 7.14. The van der Waals surface area contributed by atoms with E-state index in [9.17, 15) is 4.79 Å². The molecule has 0 aliphatic carbocycles. The molecule has 7 heteroatoms. The highest BCUT2D eigenvalue weighted by molar-refractivity contribution is 7.15. The molecule has 1 aromatic carbocycles. The number of carbonyl (C=O) groups is 1. The predicted molar refractivity (Wildman–Crippen MR) is 96.6 cm³/mol. The first kappa shape index (κ1) is 17.3. The van der Waals surface area contributed by atoms with Crippen molar-refractivity contribution in [3.8, 4) is 10.6 Å². The van der Waals surface area contributed by atoms with Gasteiger partial charge in [-0.15, -0.1) is 11.3 Å². The molecule has 0 bridgehead atoms. The van der Waals surface area contributed by atoms with Gasteiger partial charge in [0.05, 0.1) is 5.69 Å². The summed E-state index contributed by atoms with van der Waals surface area (Å²) in [6, 6.07) is 7.18. The number of nitrogens with one attached hydrogen (secondary N) is 1. The lowest BCUT2D eigenvalue weighted by Crippen LogP contribution is -2.28. The fourth-order valence-electron chi connectivity index (χ4n) is 2.42. The molecule has 0 saturated carbocycles. The van der Waals surface area contributed by atoms with Gasteiger partial charge in [-0.1, -0.05) is 24.2 Å². The fourth-order valence-corrected chi connectivity index (χ4v) is 3.34. The Morgan fingerprint density at radius 1 is 1.28 bits per heavy atom. The van der Waals surface area contributed by atoms with E-state index in [2.05, 4.69) is 20.4 Å². The monoisotopic (exact) mass is 356 g/mol. The lowest BCUT2D eigenvalue weighted by molar-refractivity contribution is 0.0927. The minimum atomic E-state index is -0.304. The Kier molecular flexibility index (Phi) is 4.94. The van der Waals surface area contributed by atoms with Crippen LogP contribution in [0.3, 0.4) is 0 Å². The van der Waals surface area contributed by atoms with E-state index >= 15 is 0 Å². The van der Waals surface area contributed by atoms with Crippen molar-refractivity contribution in [2.24, 2.45) is 0 Å². The van der Waals surface area contributed by atoms with Crippen molar-refractivity contribution in [3.63, 3.8) is 0 Å². The van der Waals surface area contributed by atoms with E-state index in [1.54, 1.807) is 24.3 Å². The maximum atomic E-state index is 12.6. The first-order valence-electron chi connectivity index (χ1n) is 8.13. The van der Waals surface area contributed by atoms with Gasteiger partial charge in [0.15, 0.2) is 5.82 Å². The molecule has 2 heterocycles. The van der Waals surface area contributed by atoms with Crippen LogP contribution >= 0.6 is 11.3 Å². The average Bonchev–Trinajstić information content (AvgIpc) is 3.18. The molecule has 6 nitrogen and oxygen atoms in total. The van der Waals surface area contributed by atoms with Crippen molar-refractivity contribution in [2.45, 2.75) is 40.2 Å². The predicted octanol–water partition coefficient (Wildman–Crippen LogP) is 4.00. The van der Waals surface area contributed by atoms with Crippen LogP contribution in [0.15, 0.2) is 28.8 Å². The van der Waals surface area contributed by atoms with E-state index in [0.29, 0.717) is 23.7 Å². The number of benzene rings is 1. The molecule has 130 valence electrons. The van der Waals surface area contributed by atoms with Gasteiger partial charge < -0.3 is 9.84 Å². The molecular formula is C18H20N4O2S. The van der Waals surface area contributed by atoms with Crippen LogP contribution in [0.1, 0.15) is 52.0 Å². The van der Waals surface area contributed by atoms with Crippen LogP contribution in [-0.2, 0) is 0 Å². The van der Waals surface area contributed by atoms with Gasteiger partial charge in [0.25, 0.3) is 5.91 Å². The van der Waals surface area contributed by atoms with Crippen molar-refractivity contribution < 1.29 is 9.32 Å². The maximum absolute atomic E-state index is 12.6. The minimum absolute atomic E-state index is 0.172. The summed E-state index contributed by atoms with van der Waals surface area (Å²) < 4.78 is 5.18. The first-order chi connectivity index (χ1) is 12.0. The zero-order valence-corrected chi connectivity index (χ0v) is 15.5. The Hall–Kier alpha value is -2.54. The summed E-state index contributed by atoms with van der Waals surface area (Å²) in [6.45, 7) is 7.75. The summed E-state index contributed by atoms with van der Waals surface area (Å²) in [5.41, 5.74) is 2.54. The lowest BCUT2D eigenvalue weighted by Gasteiger charge is -2.13. The third kappa shape index (κ3) is 3.76. The van der Waals surface area contributed by atoms with E-state index in [1.165, 1.54) is 4.88 Å². The molecule has 0 unspecified atom stereocenters. The van der Waals surface area contributed by atoms with E-state index in [1.807, 2.05) is 39.0 Å². The van der Waals surface area contributed by atoms with Crippen molar-refractivity contribution in [1.82, 2.24) is 20.4 Å². The van der Waals surface area contributed by atoms with E-state index in [0.717, 1.165) is 16.3 Å². The molecule has 0 saturated heterocycles. The highest BCUT2D eigenvalue weighted by atomic mass is 32.1. The third-order valence-corrected chi connectivity index (χ3v) is 5.08. The van der Waals surface area contributed by atoms with Crippen LogP contribution in [-0.4, -0.2) is 21.0 Å². The Balaban J connectivity index is 1.81. The van der Waals surface area contributed by atoms with Crippen LogP contribution in [0, 0.1) is 20.8 Å². The van der Waals surface area contributed by atoms with Gasteiger partial charge >= 0.3 is 0 Å². The summed E-state index contributed by atoms with van der Waals surface area (Å²) >= 11 is 1.63. The minimum Gasteiger partial charge on any atom is -0.340 e. The van der Waals surface area contributed by atoms with Gasteiger partial charge in [-0.25, -0.2) is 4.98 Å². The van der Waals surface area contributed by atoms with Crippen molar-refractivity contribution in [1.29, 1.82) is 0 Å². The molecule has 1 atom stereocenters. The molecule has 3 rings (SSSR count). The number of aromatic nitrogens is 3. The van der Waals surface area contributed by atoms with Crippen LogP contribution in [0.25, 0.3) is 10.6 Å². The number of hydrogen-bond donors (Lipinski definition) is 1. The Morgan fingerprint density at radius 2 is 2.08 bits per heavy atom. The average molecular weight is 356 g/mol. The Morgan fingerprint density at radius 3 is 2.68 bits per heavy atom. The zero-order valence-electron chi connectivity index (χ0n) is 14.7. The SMILES string of the molecule is CC[C@H](NC(=O)c1cccc(-c2nc(C)c(C)s2)c1)c1nc(C)no1. The number of amides is 1. The normalized spacial score (nSPS) is 12.2. The molecule has 25 heavy (non-hydrogen) atoms. The van der Waals surface area contributed by atoms with Gasteiger partial charge in [-0.05, 0) is 39.3 Å². The number of nitrogens with zero attached hydrogens (tertiary/aromatic N) is 3. The van der Waals surface area contributed by atoms with Gasteiger partial charge in [0.2, 0.25) is 5.89 Å². The van der Waals surface area contributed by atoms with Crippen LogP contribution < -0.4 is 5.32 Å². The first-order valence-corrected chi connectivity index (χ1v) is 8.95. The van der Waals surface area contributed by atoms with Crippen LogP contribution in [0.2, 0.25) is 0 Å². The van der Waals surface area contributed by atoms with Gasteiger partial charge in [-0.3, -0.25) is 4.79 Å². The summed E-state index contributed by atoms with van der Waals surface area (Å²) in [5.74, 6) is 0.810. The smallest absolute Gasteiger partial charge is 0.251 e. The van der Waals surface area contributed by atoms with Gasteiger partial charge in [0.1, 0.15) is 11.0 Å². The lowest BCUT2D eigenvalue weighted by atomic mass is 10.1. The highest BCUT2D eigenvalue weighted by Gasteiger charge is 2.20. The van der Waals surface area contributed by atoms with E-state index in [4.69, 9.17) is 4.52 Å². The summed E-state index contributed by atoms with van der Waals surface area (Å²) in [4.78, 5) is 22.6. The Labute approximate surface area is 150 Å². The molecule has 2 aromatic heterocycles. The molecule has 1 N–H and O–H groups in total. The molecule has 0 fully saturated rings. The van der Waals surface area contributed by atoms with Crippen LogP contribution in [0.5, 0.6) is 0 Å². The standard InChI is InChI=1S/C18H20N4O2S/c1-5-15(17-20-12(4)22-24-17)21-16(23)13-7-6-8-14(9-13)18-19-10(2)11(3)25-18/h6-9,15H,5H2,1-4H3,(H,21,23)/t15-/m0/s1. The molecule has 0 aliphatic heterocycles. The molecule has 0 aliphatic rings. The second-order valence-electron chi connectivity index (χ2n) is 5.86. The van der Waals surface area contributed by atoms with Crippen molar-refractivity contribution >= 4 is 17.2 Å². The second-order valence-corrected chi connectivity index (χ2v) is 7.06. The molecule has 0 radical (unpaired) electrons. The topological polar surface area (TPSA) is 80.9 Å². The number of carbonyl (C=O) groups excluding carboxylic acids is 1. The van der Waals surface area contributed by atoms with Crippen molar-refractivity contribution in [3.05, 3.63) is 52.1 Å². The number of thiazole rings is 1. The summed E-state index contributed by atoms with van der Waals surface area (Å²) in [7, 11) is 0. The summed E-state index contributed by atoms with van der Waals surface area (Å²) in [5, 5.41) is 7.66. The maximum Gasteiger partial charge on any atom is 0.251 e. The van der Waals surface area contributed by atoms with E-state index in [-0.39, 0.29) is 11.9 Å². The molecule has 0 spiro atoms. The van der Waals surface area contributed by atoms with Crippen molar-refractivity contribution in [2.75, 3.05) is 0 Å². The molecule has 1 amide bonds. The number of hydrogen-bond acceptors (Lipinski definition) is 6. The number of rotatable bonds is 5. The van der Waals surface area contributed by atoms with Gasteiger partial charge in [0, 0.05) is 16.0 Å². The third-order valence-electron chi connectivity index (χ3n) is 3.96. The number of aryl methyl sites for hydroxylation is 3. The quantitative estimate of drug-likeness (QED) is 0.747. The van der Waals surface area contributed by atoms with E-state index < -0.39 is 0 Å². The largest absolute Gasteiger partial charge is 0.340 e. The van der Waals surface area contributed by atoms with Gasteiger partial charge in [-0.2, -0.15) is 4.98 Å². The molecule has 3 aromatic rings. The molecular weight excluding hydrogens is 336 g/mol. The van der Waals surface area contributed by atoms with Crippen LogP contribution in [0.4, 0.5) is 0 Å².